The Kier molecular flexibility index (Phi) is 3.66. The Labute approximate surface area is 99.0 Å². The minimum absolute atomic E-state index is 0.435. The molecule has 3 N–H and O–H groups in total. The third-order valence-corrected chi connectivity index (χ3v) is 3.99. The van der Waals surface area contributed by atoms with E-state index in [-0.39, 0.29) is 0 Å². The van der Waals surface area contributed by atoms with Crippen LogP contribution in [0.25, 0.3) is 0 Å². The summed E-state index contributed by atoms with van der Waals surface area (Å²) in [5, 5.41) is 3.83. The summed E-state index contributed by atoms with van der Waals surface area (Å²) in [6.45, 7) is 0.849. The monoisotopic (exact) mass is 237 g/mol. The number of nitrogens with one attached hydrogen (secondary N) is 1. The van der Waals surface area contributed by atoms with Crippen molar-refractivity contribution in [1.29, 1.82) is 0 Å². The van der Waals surface area contributed by atoms with Crippen molar-refractivity contribution < 1.29 is 4.79 Å². The molecule has 0 aliphatic carbocycles. The van der Waals surface area contributed by atoms with Crippen molar-refractivity contribution in [3.63, 3.8) is 0 Å². The number of thioether (sulfide) groups is 1. The van der Waals surface area contributed by atoms with Crippen LogP contribution in [0, 0.1) is 0 Å². The van der Waals surface area contributed by atoms with E-state index in [2.05, 4.69) is 10.3 Å². The van der Waals surface area contributed by atoms with Crippen molar-refractivity contribution in [2.24, 2.45) is 5.73 Å². The summed E-state index contributed by atoms with van der Waals surface area (Å²) in [5.41, 5.74) is 5.74. The highest BCUT2D eigenvalue weighted by Crippen LogP contribution is 2.26. The molecule has 1 amide bonds. The average molecular weight is 237 g/mol. The fourth-order valence-electron chi connectivity index (χ4n) is 1.76. The Morgan fingerprint density at radius 2 is 2.56 bits per heavy atom. The number of nitrogens with zero attached hydrogens (tertiary/aromatic N) is 1. The van der Waals surface area contributed by atoms with E-state index in [0.717, 1.165) is 6.54 Å². The van der Waals surface area contributed by atoms with Crippen molar-refractivity contribution in [1.82, 2.24) is 4.98 Å². The number of hydrogen-bond acceptors (Lipinski definition) is 4. The summed E-state index contributed by atoms with van der Waals surface area (Å²) in [6.07, 6.45) is 4.18. The largest absolute Gasteiger partial charge is 0.368 e. The van der Waals surface area contributed by atoms with Gasteiger partial charge in [0.25, 0.3) is 5.91 Å². The summed E-state index contributed by atoms with van der Waals surface area (Å²) >= 11 is 1.97. The standard InChI is InChI=1S/C11H15N3OS/c12-10(15)9-4-1-5-13-11(9)14-7-8-3-2-6-16-8/h1,4-5,8H,2-3,6-7H2,(H2,12,15)(H,13,14). The molecule has 0 bridgehead atoms. The van der Waals surface area contributed by atoms with Gasteiger partial charge in [-0.25, -0.2) is 4.98 Å². The van der Waals surface area contributed by atoms with Crippen molar-refractivity contribution in [3.05, 3.63) is 23.9 Å². The number of rotatable bonds is 4. The van der Waals surface area contributed by atoms with Gasteiger partial charge in [0.15, 0.2) is 0 Å². The zero-order valence-corrected chi connectivity index (χ0v) is 9.80. The molecule has 0 spiro atoms. The van der Waals surface area contributed by atoms with Gasteiger partial charge >= 0.3 is 0 Å². The SMILES string of the molecule is NC(=O)c1cccnc1NCC1CCCS1. The fraction of sp³-hybridized carbons (Fsp3) is 0.455. The number of pyridine rings is 1. The Balaban J connectivity index is 2.00. The third kappa shape index (κ3) is 2.66. The smallest absolute Gasteiger partial charge is 0.252 e. The molecule has 1 atom stereocenters. The molecule has 0 saturated carbocycles. The summed E-state index contributed by atoms with van der Waals surface area (Å²) < 4.78 is 0. The van der Waals surface area contributed by atoms with E-state index in [1.54, 1.807) is 18.3 Å². The van der Waals surface area contributed by atoms with Gasteiger partial charge in [0.2, 0.25) is 0 Å². The molecular weight excluding hydrogens is 222 g/mol. The summed E-state index contributed by atoms with van der Waals surface area (Å²) in [4.78, 5) is 15.3. The van der Waals surface area contributed by atoms with Gasteiger partial charge in [0.1, 0.15) is 5.82 Å². The maximum absolute atomic E-state index is 11.2. The lowest BCUT2D eigenvalue weighted by Gasteiger charge is -2.12. The minimum atomic E-state index is -0.435. The first-order chi connectivity index (χ1) is 7.77. The Morgan fingerprint density at radius 3 is 3.25 bits per heavy atom. The highest BCUT2D eigenvalue weighted by Gasteiger charge is 2.16. The summed E-state index contributed by atoms with van der Waals surface area (Å²) in [6, 6.07) is 3.41. The van der Waals surface area contributed by atoms with Gasteiger partial charge in [-0.05, 0) is 30.7 Å². The molecule has 0 radical (unpaired) electrons. The molecule has 1 saturated heterocycles. The van der Waals surface area contributed by atoms with Crippen molar-refractivity contribution in [2.45, 2.75) is 18.1 Å². The van der Waals surface area contributed by atoms with E-state index in [1.807, 2.05) is 11.8 Å². The van der Waals surface area contributed by atoms with Crippen LogP contribution in [0.3, 0.4) is 0 Å². The number of aromatic nitrogens is 1. The maximum atomic E-state index is 11.2. The molecule has 1 aliphatic rings. The van der Waals surface area contributed by atoms with E-state index in [1.165, 1.54) is 18.6 Å². The third-order valence-electron chi connectivity index (χ3n) is 2.59. The summed E-state index contributed by atoms with van der Waals surface area (Å²) in [5.74, 6) is 1.40. The number of anilines is 1. The van der Waals surface area contributed by atoms with Gasteiger partial charge in [-0.1, -0.05) is 0 Å². The highest BCUT2D eigenvalue weighted by molar-refractivity contribution is 8.00. The zero-order chi connectivity index (χ0) is 11.4. The molecule has 2 rings (SSSR count). The van der Waals surface area contributed by atoms with Crippen LogP contribution in [0.4, 0.5) is 5.82 Å². The molecule has 0 aromatic carbocycles. The van der Waals surface area contributed by atoms with Crippen molar-refractivity contribution >= 4 is 23.5 Å². The van der Waals surface area contributed by atoms with E-state index in [0.29, 0.717) is 16.6 Å². The number of nitrogens with two attached hydrogens (primary N) is 1. The zero-order valence-electron chi connectivity index (χ0n) is 8.98. The Bertz CT molecular complexity index is 377. The van der Waals surface area contributed by atoms with Crippen LogP contribution in [0.2, 0.25) is 0 Å². The van der Waals surface area contributed by atoms with E-state index >= 15 is 0 Å². The molecule has 16 heavy (non-hydrogen) atoms. The topological polar surface area (TPSA) is 68.0 Å². The molecule has 86 valence electrons. The first-order valence-electron chi connectivity index (χ1n) is 5.37. The van der Waals surface area contributed by atoms with Gasteiger partial charge in [-0.3, -0.25) is 4.79 Å². The minimum Gasteiger partial charge on any atom is -0.368 e. The van der Waals surface area contributed by atoms with Gasteiger partial charge in [0, 0.05) is 18.0 Å². The van der Waals surface area contributed by atoms with Gasteiger partial charge in [0.05, 0.1) is 5.56 Å². The molecule has 5 heteroatoms. The molecule has 1 fully saturated rings. The maximum Gasteiger partial charge on any atom is 0.252 e. The second kappa shape index (κ2) is 5.21. The van der Waals surface area contributed by atoms with E-state index in [4.69, 9.17) is 5.73 Å². The number of carbonyl (C=O) groups excluding carboxylic acids is 1. The van der Waals surface area contributed by atoms with E-state index < -0.39 is 5.91 Å². The lowest BCUT2D eigenvalue weighted by molar-refractivity contribution is 0.100. The Morgan fingerprint density at radius 1 is 1.69 bits per heavy atom. The molecule has 1 unspecified atom stereocenters. The molecule has 2 heterocycles. The van der Waals surface area contributed by atoms with Crippen LogP contribution in [0.15, 0.2) is 18.3 Å². The highest BCUT2D eigenvalue weighted by atomic mass is 32.2. The second-order valence-electron chi connectivity index (χ2n) is 3.78. The Hall–Kier alpha value is -1.23. The van der Waals surface area contributed by atoms with Crippen LogP contribution < -0.4 is 11.1 Å². The van der Waals surface area contributed by atoms with Crippen LogP contribution >= 0.6 is 11.8 Å². The lowest BCUT2D eigenvalue weighted by Crippen LogP contribution is -2.19. The second-order valence-corrected chi connectivity index (χ2v) is 5.19. The van der Waals surface area contributed by atoms with Crippen LogP contribution in [0.5, 0.6) is 0 Å². The van der Waals surface area contributed by atoms with Crippen LogP contribution in [0.1, 0.15) is 23.2 Å². The van der Waals surface area contributed by atoms with Crippen LogP contribution in [-0.2, 0) is 0 Å². The molecule has 1 aliphatic heterocycles. The van der Waals surface area contributed by atoms with Crippen molar-refractivity contribution in [2.75, 3.05) is 17.6 Å². The molecule has 1 aromatic rings. The van der Waals surface area contributed by atoms with E-state index in [9.17, 15) is 4.79 Å². The quantitative estimate of drug-likeness (QED) is 0.832. The number of hydrogen-bond donors (Lipinski definition) is 2. The fourth-order valence-corrected chi connectivity index (χ4v) is 2.96. The van der Waals surface area contributed by atoms with Crippen LogP contribution in [-0.4, -0.2) is 28.4 Å². The summed E-state index contributed by atoms with van der Waals surface area (Å²) in [7, 11) is 0. The predicted molar refractivity (Wildman–Crippen MR) is 66.7 cm³/mol. The number of amides is 1. The van der Waals surface area contributed by atoms with Gasteiger partial charge in [-0.15, -0.1) is 0 Å². The first-order valence-corrected chi connectivity index (χ1v) is 6.42. The normalized spacial score (nSPS) is 19.6. The number of carbonyl (C=O) groups is 1. The lowest BCUT2D eigenvalue weighted by atomic mass is 10.2. The number of primary amides is 1. The average Bonchev–Trinajstić information content (AvgIpc) is 2.79. The van der Waals surface area contributed by atoms with Crippen molar-refractivity contribution in [3.8, 4) is 0 Å². The van der Waals surface area contributed by atoms with Gasteiger partial charge in [-0.2, -0.15) is 11.8 Å². The predicted octanol–water partition coefficient (Wildman–Crippen LogP) is 1.49. The molecule has 1 aromatic heterocycles. The van der Waals surface area contributed by atoms with Gasteiger partial charge < -0.3 is 11.1 Å². The molecular formula is C11H15N3OS. The molecule has 4 nitrogen and oxygen atoms in total. The first kappa shape index (κ1) is 11.3.